The Morgan fingerprint density at radius 1 is 0.769 bits per heavy atom. The number of fused-ring (bicyclic) bond motifs is 1. The first kappa shape index (κ1) is 17.3. The molecule has 1 fully saturated rings. The van der Waals surface area contributed by atoms with E-state index in [1.807, 2.05) is 12.1 Å². The first-order valence-corrected chi connectivity index (χ1v) is 10.0. The van der Waals surface area contributed by atoms with Crippen molar-refractivity contribution in [3.8, 4) is 11.1 Å². The van der Waals surface area contributed by atoms with Gasteiger partial charge in [-0.3, -0.25) is 0 Å². The highest BCUT2D eigenvalue weighted by atomic mass is 19.1. The Morgan fingerprint density at radius 3 is 2.15 bits per heavy atom. The van der Waals surface area contributed by atoms with Crippen molar-refractivity contribution in [3.05, 3.63) is 72.0 Å². The molecular weight excluding hydrogens is 319 g/mol. The van der Waals surface area contributed by atoms with Gasteiger partial charge in [0.2, 0.25) is 0 Å². The zero-order valence-electron chi connectivity index (χ0n) is 15.5. The summed E-state index contributed by atoms with van der Waals surface area (Å²) in [4.78, 5) is 0. The van der Waals surface area contributed by atoms with Crippen LogP contribution in [0.1, 0.15) is 56.9 Å². The van der Waals surface area contributed by atoms with Crippen molar-refractivity contribution < 1.29 is 4.39 Å². The molecule has 1 saturated carbocycles. The lowest BCUT2D eigenvalue weighted by atomic mass is 9.77. The minimum Gasteiger partial charge on any atom is -0.207 e. The summed E-state index contributed by atoms with van der Waals surface area (Å²) in [7, 11) is 0. The smallest absolute Gasteiger partial charge is 0.123 e. The number of hydrogen-bond donors (Lipinski definition) is 0. The third kappa shape index (κ3) is 3.67. The van der Waals surface area contributed by atoms with Gasteiger partial charge in [-0.2, -0.15) is 0 Å². The van der Waals surface area contributed by atoms with Crippen molar-refractivity contribution >= 4 is 10.8 Å². The predicted octanol–water partition coefficient (Wildman–Crippen LogP) is 7.72. The maximum atomic E-state index is 13.3. The summed E-state index contributed by atoms with van der Waals surface area (Å²) in [6.07, 6.45) is 8.18. The minimum atomic E-state index is -0.178. The fourth-order valence-corrected chi connectivity index (χ4v) is 4.54. The van der Waals surface area contributed by atoms with Gasteiger partial charge in [0.1, 0.15) is 5.82 Å². The minimum absolute atomic E-state index is 0.178. The summed E-state index contributed by atoms with van der Waals surface area (Å²) in [6.45, 7) is 2.30. The maximum Gasteiger partial charge on any atom is 0.123 e. The van der Waals surface area contributed by atoms with Gasteiger partial charge in [-0.15, -0.1) is 0 Å². The molecule has 0 unspecified atom stereocenters. The van der Waals surface area contributed by atoms with Gasteiger partial charge in [0.25, 0.3) is 0 Å². The monoisotopic (exact) mass is 346 g/mol. The number of hydrogen-bond acceptors (Lipinski definition) is 0. The van der Waals surface area contributed by atoms with Gasteiger partial charge in [0.15, 0.2) is 0 Å². The lowest BCUT2D eigenvalue weighted by molar-refractivity contribution is 0.308. The summed E-state index contributed by atoms with van der Waals surface area (Å²) >= 11 is 0. The van der Waals surface area contributed by atoms with E-state index in [1.54, 1.807) is 6.07 Å². The molecular formula is C25H27F. The van der Waals surface area contributed by atoms with Gasteiger partial charge in [-0.1, -0.05) is 62.2 Å². The SMILES string of the molecule is CCCC1CCC(c2ccc(-c3ccc4cc(F)ccc4c3)cc2)CC1. The summed E-state index contributed by atoms with van der Waals surface area (Å²) in [5.41, 5.74) is 3.92. The second-order valence-corrected chi connectivity index (χ2v) is 7.83. The Bertz CT molecular complexity index is 870. The standard InChI is InChI=1S/C25H27F/c1-2-3-18-4-6-19(7-5-18)20-8-10-21(11-9-20)22-12-13-24-17-25(26)15-14-23(24)16-22/h8-19H,2-7H2,1H3. The highest BCUT2D eigenvalue weighted by Gasteiger charge is 2.21. The van der Waals surface area contributed by atoms with Gasteiger partial charge in [0.05, 0.1) is 0 Å². The summed E-state index contributed by atoms with van der Waals surface area (Å²) in [5.74, 6) is 1.51. The van der Waals surface area contributed by atoms with Crippen LogP contribution in [0.2, 0.25) is 0 Å². The third-order valence-corrected chi connectivity index (χ3v) is 6.06. The molecule has 0 heterocycles. The molecule has 3 aromatic carbocycles. The second kappa shape index (κ2) is 7.61. The van der Waals surface area contributed by atoms with E-state index in [0.717, 1.165) is 22.6 Å². The molecule has 0 amide bonds. The van der Waals surface area contributed by atoms with Crippen LogP contribution in [0.15, 0.2) is 60.7 Å². The molecule has 0 aliphatic heterocycles. The highest BCUT2D eigenvalue weighted by Crippen LogP contribution is 2.38. The van der Waals surface area contributed by atoms with E-state index in [9.17, 15) is 4.39 Å². The quantitative estimate of drug-likeness (QED) is 0.453. The average Bonchev–Trinajstić information content (AvgIpc) is 2.69. The summed E-state index contributed by atoms with van der Waals surface area (Å²) in [6, 6.07) is 20.4. The molecule has 0 radical (unpaired) electrons. The molecule has 3 aromatic rings. The molecule has 0 spiro atoms. The van der Waals surface area contributed by atoms with Gasteiger partial charge in [-0.05, 0) is 83.2 Å². The molecule has 1 aliphatic rings. The van der Waals surface area contributed by atoms with Crippen molar-refractivity contribution in [2.75, 3.05) is 0 Å². The van der Waals surface area contributed by atoms with Gasteiger partial charge in [0, 0.05) is 0 Å². The largest absolute Gasteiger partial charge is 0.207 e. The van der Waals surface area contributed by atoms with E-state index in [2.05, 4.69) is 43.3 Å². The van der Waals surface area contributed by atoms with Gasteiger partial charge >= 0.3 is 0 Å². The fourth-order valence-electron chi connectivity index (χ4n) is 4.54. The molecule has 0 nitrogen and oxygen atoms in total. The van der Waals surface area contributed by atoms with Crippen LogP contribution in [0, 0.1) is 11.7 Å². The molecule has 0 saturated heterocycles. The van der Waals surface area contributed by atoms with E-state index >= 15 is 0 Å². The fraction of sp³-hybridized carbons (Fsp3) is 0.360. The molecule has 4 rings (SSSR count). The predicted molar refractivity (Wildman–Crippen MR) is 109 cm³/mol. The normalized spacial score (nSPS) is 20.4. The Morgan fingerprint density at radius 2 is 1.42 bits per heavy atom. The van der Waals surface area contributed by atoms with Crippen molar-refractivity contribution in [1.29, 1.82) is 0 Å². The van der Waals surface area contributed by atoms with Crippen LogP contribution >= 0.6 is 0 Å². The lowest BCUT2D eigenvalue weighted by Crippen LogP contribution is -2.13. The summed E-state index contributed by atoms with van der Waals surface area (Å²) in [5, 5.41) is 2.04. The van der Waals surface area contributed by atoms with Gasteiger partial charge < -0.3 is 0 Å². The first-order valence-electron chi connectivity index (χ1n) is 10.0. The van der Waals surface area contributed by atoms with E-state index in [0.29, 0.717) is 0 Å². The van der Waals surface area contributed by atoms with Crippen LogP contribution in [-0.4, -0.2) is 0 Å². The number of halogens is 1. The molecule has 0 N–H and O–H groups in total. The zero-order valence-corrected chi connectivity index (χ0v) is 15.5. The molecule has 0 bridgehead atoms. The van der Waals surface area contributed by atoms with E-state index in [4.69, 9.17) is 0 Å². The highest BCUT2D eigenvalue weighted by molar-refractivity contribution is 5.87. The third-order valence-electron chi connectivity index (χ3n) is 6.06. The van der Waals surface area contributed by atoms with Crippen molar-refractivity contribution in [1.82, 2.24) is 0 Å². The van der Waals surface area contributed by atoms with Crippen LogP contribution in [-0.2, 0) is 0 Å². The van der Waals surface area contributed by atoms with E-state index < -0.39 is 0 Å². The lowest BCUT2D eigenvalue weighted by Gasteiger charge is -2.28. The van der Waals surface area contributed by atoms with Crippen molar-refractivity contribution in [2.24, 2.45) is 5.92 Å². The molecule has 26 heavy (non-hydrogen) atoms. The van der Waals surface area contributed by atoms with Crippen LogP contribution in [0.5, 0.6) is 0 Å². The molecule has 1 aliphatic carbocycles. The molecule has 0 atom stereocenters. The zero-order chi connectivity index (χ0) is 17.9. The summed E-state index contributed by atoms with van der Waals surface area (Å²) < 4.78 is 13.3. The Balaban J connectivity index is 1.50. The average molecular weight is 346 g/mol. The van der Waals surface area contributed by atoms with E-state index in [1.165, 1.54) is 61.3 Å². The van der Waals surface area contributed by atoms with Crippen molar-refractivity contribution in [2.45, 2.75) is 51.4 Å². The number of rotatable bonds is 4. The molecule has 0 aromatic heterocycles. The molecule has 134 valence electrons. The topological polar surface area (TPSA) is 0 Å². The van der Waals surface area contributed by atoms with Crippen LogP contribution in [0.25, 0.3) is 21.9 Å². The number of benzene rings is 3. The molecule has 1 heteroatoms. The Hall–Kier alpha value is -2.15. The Labute approximate surface area is 156 Å². The van der Waals surface area contributed by atoms with Crippen LogP contribution < -0.4 is 0 Å². The van der Waals surface area contributed by atoms with Crippen LogP contribution in [0.4, 0.5) is 4.39 Å². The van der Waals surface area contributed by atoms with Crippen LogP contribution in [0.3, 0.4) is 0 Å². The van der Waals surface area contributed by atoms with E-state index in [-0.39, 0.29) is 5.82 Å². The maximum absolute atomic E-state index is 13.3. The second-order valence-electron chi connectivity index (χ2n) is 7.83. The van der Waals surface area contributed by atoms with Gasteiger partial charge in [-0.25, -0.2) is 4.39 Å². The Kier molecular flexibility index (Phi) is 5.06. The first-order chi connectivity index (χ1) is 12.7. The van der Waals surface area contributed by atoms with Crippen molar-refractivity contribution in [3.63, 3.8) is 0 Å².